The molecule has 0 aliphatic rings. The van der Waals surface area contributed by atoms with Gasteiger partial charge in [0.15, 0.2) is 11.5 Å². The molecule has 0 bridgehead atoms. The third kappa shape index (κ3) is 7.39. The van der Waals surface area contributed by atoms with Crippen molar-refractivity contribution in [3.05, 3.63) is 83.9 Å². The summed E-state index contributed by atoms with van der Waals surface area (Å²) in [6.45, 7) is 0.416. The van der Waals surface area contributed by atoms with Gasteiger partial charge in [0.05, 0.1) is 20.4 Å². The van der Waals surface area contributed by atoms with Crippen LogP contribution >= 0.6 is 0 Å². The maximum absolute atomic E-state index is 12.0. The van der Waals surface area contributed by atoms with Gasteiger partial charge in [0.25, 0.3) is 0 Å². The summed E-state index contributed by atoms with van der Waals surface area (Å²) in [6, 6.07) is 21.9. The van der Waals surface area contributed by atoms with E-state index in [1.165, 1.54) is 6.21 Å². The van der Waals surface area contributed by atoms with Crippen molar-refractivity contribution in [1.29, 1.82) is 0 Å². The Morgan fingerprint density at radius 1 is 0.879 bits per heavy atom. The third-order valence-electron chi connectivity index (χ3n) is 4.52. The largest absolute Gasteiger partial charge is 0.497 e. The lowest BCUT2D eigenvalue weighted by Gasteiger charge is -2.11. The van der Waals surface area contributed by atoms with Crippen LogP contribution in [0.3, 0.4) is 0 Å². The quantitative estimate of drug-likeness (QED) is 0.280. The summed E-state index contributed by atoms with van der Waals surface area (Å²) in [5, 5.41) is 6.55. The molecule has 0 saturated heterocycles. The van der Waals surface area contributed by atoms with Crippen molar-refractivity contribution in [3.63, 3.8) is 0 Å². The minimum Gasteiger partial charge on any atom is -0.497 e. The molecule has 8 nitrogen and oxygen atoms in total. The Morgan fingerprint density at radius 3 is 2.33 bits per heavy atom. The second-order valence-electron chi connectivity index (χ2n) is 6.93. The Bertz CT molecular complexity index is 1100. The van der Waals surface area contributed by atoms with Crippen molar-refractivity contribution in [1.82, 2.24) is 5.43 Å². The zero-order chi connectivity index (χ0) is 23.5. The molecular weight excluding hydrogens is 422 g/mol. The number of carbonyl (C=O) groups is 2. The molecule has 170 valence electrons. The summed E-state index contributed by atoms with van der Waals surface area (Å²) in [6.07, 6.45) is 1.10. The number of amides is 2. The Hall–Kier alpha value is -4.33. The highest BCUT2D eigenvalue weighted by Crippen LogP contribution is 2.28. The molecule has 2 amide bonds. The number of rotatable bonds is 10. The van der Waals surface area contributed by atoms with Crippen LogP contribution in [0.2, 0.25) is 0 Å². The zero-order valence-corrected chi connectivity index (χ0v) is 18.4. The van der Waals surface area contributed by atoms with Crippen molar-refractivity contribution in [2.75, 3.05) is 19.5 Å². The van der Waals surface area contributed by atoms with E-state index in [-0.39, 0.29) is 6.42 Å². The fourth-order valence-corrected chi connectivity index (χ4v) is 2.86. The monoisotopic (exact) mass is 447 g/mol. The van der Waals surface area contributed by atoms with Gasteiger partial charge in [-0.05, 0) is 53.6 Å². The van der Waals surface area contributed by atoms with Crippen LogP contribution in [0.25, 0.3) is 0 Å². The molecule has 0 radical (unpaired) electrons. The zero-order valence-electron chi connectivity index (χ0n) is 18.4. The van der Waals surface area contributed by atoms with Crippen molar-refractivity contribution in [2.24, 2.45) is 5.10 Å². The number of ether oxygens (including phenoxy) is 3. The molecule has 0 aromatic heterocycles. The van der Waals surface area contributed by atoms with E-state index in [0.29, 0.717) is 35.1 Å². The van der Waals surface area contributed by atoms with Crippen LogP contribution in [0.4, 0.5) is 5.69 Å². The van der Waals surface area contributed by atoms with Gasteiger partial charge in [0.2, 0.25) is 11.8 Å². The van der Waals surface area contributed by atoms with Crippen LogP contribution in [0.5, 0.6) is 17.2 Å². The van der Waals surface area contributed by atoms with E-state index in [0.717, 1.165) is 5.56 Å². The van der Waals surface area contributed by atoms with Gasteiger partial charge in [-0.25, -0.2) is 5.43 Å². The smallest absolute Gasteiger partial charge is 0.249 e. The van der Waals surface area contributed by atoms with Crippen LogP contribution in [0.15, 0.2) is 77.9 Å². The number of nitrogens with zero attached hydrogens (tertiary/aromatic N) is 1. The van der Waals surface area contributed by atoms with Gasteiger partial charge in [0, 0.05) is 5.69 Å². The first-order valence-electron chi connectivity index (χ1n) is 10.2. The normalized spacial score (nSPS) is 10.5. The number of anilines is 1. The highest BCUT2D eigenvalue weighted by molar-refractivity contribution is 6.03. The molecule has 2 N–H and O–H groups in total. The van der Waals surface area contributed by atoms with E-state index < -0.39 is 11.8 Å². The Morgan fingerprint density at radius 2 is 1.64 bits per heavy atom. The van der Waals surface area contributed by atoms with Crippen LogP contribution in [-0.4, -0.2) is 32.2 Å². The number of benzene rings is 3. The average Bonchev–Trinajstić information content (AvgIpc) is 2.84. The molecule has 0 saturated carbocycles. The van der Waals surface area contributed by atoms with Crippen molar-refractivity contribution in [2.45, 2.75) is 13.0 Å². The number of carbonyl (C=O) groups excluding carboxylic acids is 2. The molecule has 0 spiro atoms. The summed E-state index contributed by atoms with van der Waals surface area (Å²) in [7, 11) is 3.11. The van der Waals surface area contributed by atoms with Crippen molar-refractivity contribution >= 4 is 23.7 Å². The predicted octanol–water partition coefficient (Wildman–Crippen LogP) is 3.76. The molecule has 3 aromatic carbocycles. The molecule has 0 fully saturated rings. The van der Waals surface area contributed by atoms with Gasteiger partial charge in [0.1, 0.15) is 18.8 Å². The molecular formula is C25H25N3O5. The Balaban J connectivity index is 1.49. The fraction of sp³-hybridized carbons (Fsp3) is 0.160. The maximum Gasteiger partial charge on any atom is 0.249 e. The number of methoxy groups -OCH3 is 2. The van der Waals surface area contributed by atoms with Gasteiger partial charge in [-0.3, -0.25) is 9.59 Å². The molecule has 33 heavy (non-hydrogen) atoms. The molecule has 0 atom stereocenters. The molecule has 8 heteroatoms. The van der Waals surface area contributed by atoms with E-state index in [9.17, 15) is 9.59 Å². The van der Waals surface area contributed by atoms with Crippen molar-refractivity contribution in [3.8, 4) is 17.2 Å². The van der Waals surface area contributed by atoms with E-state index in [1.54, 1.807) is 56.7 Å². The highest BCUT2D eigenvalue weighted by atomic mass is 16.5. The second kappa shape index (κ2) is 11.9. The van der Waals surface area contributed by atoms with Crippen LogP contribution in [-0.2, 0) is 16.2 Å². The minimum absolute atomic E-state index is 0.362. The Labute approximate surface area is 192 Å². The first-order chi connectivity index (χ1) is 16.1. The van der Waals surface area contributed by atoms with Crippen LogP contribution in [0, 0.1) is 0 Å². The van der Waals surface area contributed by atoms with E-state index in [1.807, 2.05) is 30.3 Å². The summed E-state index contributed by atoms with van der Waals surface area (Å²) < 4.78 is 16.3. The Kier molecular flexibility index (Phi) is 8.41. The summed E-state index contributed by atoms with van der Waals surface area (Å²) in [4.78, 5) is 24.0. The summed E-state index contributed by atoms with van der Waals surface area (Å²) in [5.41, 5.74) is 4.65. The van der Waals surface area contributed by atoms with Crippen molar-refractivity contribution < 1.29 is 23.8 Å². The van der Waals surface area contributed by atoms with Gasteiger partial charge in [-0.1, -0.05) is 30.3 Å². The lowest BCUT2D eigenvalue weighted by Crippen LogP contribution is -2.24. The van der Waals surface area contributed by atoms with E-state index in [4.69, 9.17) is 14.2 Å². The van der Waals surface area contributed by atoms with E-state index in [2.05, 4.69) is 15.8 Å². The molecule has 0 heterocycles. The molecule has 0 unspecified atom stereocenters. The second-order valence-corrected chi connectivity index (χ2v) is 6.93. The fourth-order valence-electron chi connectivity index (χ4n) is 2.86. The van der Waals surface area contributed by atoms with E-state index >= 15 is 0 Å². The molecule has 3 rings (SSSR count). The third-order valence-corrected chi connectivity index (χ3v) is 4.52. The molecule has 0 aliphatic heterocycles. The number of hydrogen-bond donors (Lipinski definition) is 2. The average molecular weight is 447 g/mol. The van der Waals surface area contributed by atoms with Gasteiger partial charge < -0.3 is 19.5 Å². The molecule has 0 aliphatic carbocycles. The number of nitrogens with one attached hydrogen (secondary N) is 2. The van der Waals surface area contributed by atoms with Gasteiger partial charge in [-0.2, -0.15) is 5.10 Å². The maximum atomic E-state index is 12.0. The minimum atomic E-state index is -0.535. The standard InChI is InChI=1S/C25H25N3O5/c1-31-21-11-9-20(10-12-21)27-24(29)15-25(30)28-26-16-19-8-13-22(23(14-19)32-2)33-17-18-6-4-3-5-7-18/h3-14,16H,15,17H2,1-2H3,(H,27,29)(H,28,30). The first-order valence-corrected chi connectivity index (χ1v) is 10.2. The first kappa shape index (κ1) is 23.3. The lowest BCUT2D eigenvalue weighted by atomic mass is 10.2. The highest BCUT2D eigenvalue weighted by Gasteiger charge is 2.09. The van der Waals surface area contributed by atoms with Crippen LogP contribution in [0.1, 0.15) is 17.5 Å². The van der Waals surface area contributed by atoms with Gasteiger partial charge >= 0.3 is 0 Å². The summed E-state index contributed by atoms with van der Waals surface area (Å²) in [5.74, 6) is 0.826. The summed E-state index contributed by atoms with van der Waals surface area (Å²) >= 11 is 0. The van der Waals surface area contributed by atoms with Gasteiger partial charge in [-0.15, -0.1) is 0 Å². The lowest BCUT2D eigenvalue weighted by molar-refractivity contribution is -0.126. The predicted molar refractivity (Wildman–Crippen MR) is 126 cm³/mol. The number of hydrazone groups is 1. The SMILES string of the molecule is COc1ccc(NC(=O)CC(=O)NN=Cc2ccc(OCc3ccccc3)c(OC)c2)cc1. The number of hydrogen-bond acceptors (Lipinski definition) is 6. The molecule has 3 aromatic rings. The topological polar surface area (TPSA) is 98.2 Å². The van der Waals surface area contributed by atoms with Crippen LogP contribution < -0.4 is 25.0 Å².